The lowest BCUT2D eigenvalue weighted by Gasteiger charge is -2.28. The van der Waals surface area contributed by atoms with Crippen LogP contribution in [0.15, 0.2) is 42.5 Å². The number of rotatable bonds is 5. The molecule has 0 spiro atoms. The van der Waals surface area contributed by atoms with Gasteiger partial charge in [0.05, 0.1) is 18.7 Å². The van der Waals surface area contributed by atoms with Crippen LogP contribution in [0.4, 0.5) is 20.2 Å². The van der Waals surface area contributed by atoms with Gasteiger partial charge in [0.25, 0.3) is 5.91 Å². The molecule has 7 nitrogen and oxygen atoms in total. The number of halogens is 2. The van der Waals surface area contributed by atoms with Crippen molar-refractivity contribution in [3.63, 3.8) is 0 Å². The van der Waals surface area contributed by atoms with E-state index >= 15 is 0 Å². The minimum absolute atomic E-state index is 0.0445. The van der Waals surface area contributed by atoms with Crippen LogP contribution < -0.4 is 20.9 Å². The van der Waals surface area contributed by atoms with Crippen molar-refractivity contribution in [1.29, 1.82) is 0 Å². The smallest absolute Gasteiger partial charge is 0.254 e. The molecule has 0 radical (unpaired) electrons. The number of nitrogens with zero attached hydrogens (tertiary/aromatic N) is 1. The molecule has 0 aliphatic carbocycles. The highest BCUT2D eigenvalue weighted by Gasteiger charge is 2.17. The summed E-state index contributed by atoms with van der Waals surface area (Å²) in [6.07, 6.45) is 0. The number of carbonyl (C=O) groups is 3. The number of carbonyl (C=O) groups excluding carboxylic acids is 3. The van der Waals surface area contributed by atoms with Crippen LogP contribution in [0.3, 0.4) is 0 Å². The zero-order valence-corrected chi connectivity index (χ0v) is 14.8. The van der Waals surface area contributed by atoms with Crippen LogP contribution in [0.2, 0.25) is 0 Å². The Bertz CT molecular complexity index is 903. The Morgan fingerprint density at radius 1 is 1.11 bits per heavy atom. The molecule has 146 valence electrons. The maximum absolute atomic E-state index is 13.6. The fourth-order valence-electron chi connectivity index (χ4n) is 2.75. The van der Waals surface area contributed by atoms with E-state index in [1.54, 1.807) is 24.3 Å². The van der Waals surface area contributed by atoms with Gasteiger partial charge in [0, 0.05) is 30.5 Å². The maximum atomic E-state index is 13.6. The number of hydrogen-bond acceptors (Lipinski definition) is 4. The van der Waals surface area contributed by atoms with Gasteiger partial charge in [-0.05, 0) is 36.4 Å². The van der Waals surface area contributed by atoms with E-state index in [1.165, 1.54) is 0 Å². The quantitative estimate of drug-likeness (QED) is 0.720. The van der Waals surface area contributed by atoms with Gasteiger partial charge in [-0.1, -0.05) is 0 Å². The van der Waals surface area contributed by atoms with E-state index < -0.39 is 23.4 Å². The van der Waals surface area contributed by atoms with Crippen LogP contribution >= 0.6 is 0 Å². The van der Waals surface area contributed by atoms with Crippen molar-refractivity contribution in [3.05, 3.63) is 59.7 Å². The molecule has 1 aliphatic heterocycles. The van der Waals surface area contributed by atoms with Crippen molar-refractivity contribution in [2.45, 2.75) is 0 Å². The Morgan fingerprint density at radius 3 is 2.54 bits per heavy atom. The van der Waals surface area contributed by atoms with E-state index in [4.69, 9.17) is 0 Å². The largest absolute Gasteiger partial charge is 0.360 e. The van der Waals surface area contributed by atoms with Crippen molar-refractivity contribution in [2.24, 2.45) is 0 Å². The third kappa shape index (κ3) is 4.81. The third-order valence-electron chi connectivity index (χ3n) is 4.14. The Balaban J connectivity index is 1.52. The summed E-state index contributed by atoms with van der Waals surface area (Å²) in [5.74, 6) is -3.15. The van der Waals surface area contributed by atoms with Crippen molar-refractivity contribution >= 4 is 29.1 Å². The second-order valence-electron chi connectivity index (χ2n) is 6.17. The topological polar surface area (TPSA) is 90.5 Å². The Hall–Kier alpha value is -3.49. The summed E-state index contributed by atoms with van der Waals surface area (Å²) in [5.41, 5.74) is 1.02. The fraction of sp³-hybridized carbons (Fsp3) is 0.211. The Labute approximate surface area is 159 Å². The molecule has 2 aromatic carbocycles. The van der Waals surface area contributed by atoms with E-state index in [9.17, 15) is 23.2 Å². The fourth-order valence-corrected chi connectivity index (χ4v) is 2.75. The molecule has 0 unspecified atom stereocenters. The predicted octanol–water partition coefficient (Wildman–Crippen LogP) is 1.27. The van der Waals surface area contributed by atoms with Crippen molar-refractivity contribution in [1.82, 2.24) is 10.6 Å². The molecule has 9 heteroatoms. The van der Waals surface area contributed by atoms with Crippen molar-refractivity contribution in [2.75, 3.05) is 36.4 Å². The minimum atomic E-state index is -1.00. The molecular weight excluding hydrogens is 370 g/mol. The molecule has 1 heterocycles. The van der Waals surface area contributed by atoms with Crippen molar-refractivity contribution in [3.8, 4) is 0 Å². The van der Waals surface area contributed by atoms with Crippen LogP contribution in [0, 0.1) is 11.6 Å². The Morgan fingerprint density at radius 2 is 1.86 bits per heavy atom. The normalized spacial score (nSPS) is 13.6. The van der Waals surface area contributed by atoms with Gasteiger partial charge < -0.3 is 20.9 Å². The zero-order valence-electron chi connectivity index (χ0n) is 14.8. The summed E-state index contributed by atoms with van der Waals surface area (Å²) < 4.78 is 26.4. The summed E-state index contributed by atoms with van der Waals surface area (Å²) in [5, 5.41) is 7.63. The molecule has 2 aromatic rings. The van der Waals surface area contributed by atoms with Crippen LogP contribution in [-0.4, -0.2) is 43.9 Å². The van der Waals surface area contributed by atoms with Gasteiger partial charge in [0.1, 0.15) is 11.6 Å². The molecule has 1 saturated heterocycles. The number of amides is 3. The predicted molar refractivity (Wildman–Crippen MR) is 99.0 cm³/mol. The van der Waals surface area contributed by atoms with E-state index in [1.807, 2.05) is 4.90 Å². The van der Waals surface area contributed by atoms with Crippen LogP contribution in [0.5, 0.6) is 0 Å². The monoisotopic (exact) mass is 388 g/mol. The first kappa shape index (κ1) is 19.3. The van der Waals surface area contributed by atoms with Crippen LogP contribution in [0.25, 0.3) is 0 Å². The number of benzene rings is 2. The average molecular weight is 388 g/mol. The summed E-state index contributed by atoms with van der Waals surface area (Å²) in [6, 6.07) is 9.50. The zero-order chi connectivity index (χ0) is 20.1. The van der Waals surface area contributed by atoms with Gasteiger partial charge in [0.2, 0.25) is 11.8 Å². The van der Waals surface area contributed by atoms with E-state index in [0.717, 1.165) is 17.8 Å². The molecule has 0 aromatic heterocycles. The lowest BCUT2D eigenvalue weighted by Crippen LogP contribution is -2.47. The maximum Gasteiger partial charge on any atom is 0.254 e. The Kier molecular flexibility index (Phi) is 5.83. The molecule has 3 amide bonds. The first-order chi connectivity index (χ1) is 13.4. The highest BCUT2D eigenvalue weighted by molar-refractivity contribution is 5.99. The summed E-state index contributed by atoms with van der Waals surface area (Å²) in [6.45, 7) is 1.18. The highest BCUT2D eigenvalue weighted by Crippen LogP contribution is 2.18. The molecule has 3 rings (SSSR count). The number of hydrogen-bond donors (Lipinski definition) is 3. The molecular formula is C19H18F2N4O3. The number of nitrogens with one attached hydrogen (secondary N) is 3. The lowest BCUT2D eigenvalue weighted by molar-refractivity contribution is -0.120. The average Bonchev–Trinajstić information content (AvgIpc) is 2.67. The van der Waals surface area contributed by atoms with E-state index in [-0.39, 0.29) is 24.6 Å². The highest BCUT2D eigenvalue weighted by atomic mass is 19.1. The van der Waals surface area contributed by atoms with Gasteiger partial charge in [-0.2, -0.15) is 0 Å². The molecule has 0 saturated carbocycles. The standard InChI is InChI=1S/C19H18F2N4O3/c20-12-1-6-15(16(21)9-12)19(28)23-10-17(26)24-13-2-4-14(5-3-13)25-8-7-22-18(27)11-25/h1-6,9H,7-8,10-11H2,(H,22,27)(H,23,28)(H,24,26). The second kappa shape index (κ2) is 8.47. The summed E-state index contributed by atoms with van der Waals surface area (Å²) in [7, 11) is 0. The molecule has 28 heavy (non-hydrogen) atoms. The van der Waals surface area contributed by atoms with Gasteiger partial charge in [-0.3, -0.25) is 14.4 Å². The molecule has 0 bridgehead atoms. The third-order valence-corrected chi connectivity index (χ3v) is 4.14. The summed E-state index contributed by atoms with van der Waals surface area (Å²) in [4.78, 5) is 37.2. The first-order valence-electron chi connectivity index (χ1n) is 8.57. The molecule has 0 atom stereocenters. The number of anilines is 2. The molecule has 3 N–H and O–H groups in total. The van der Waals surface area contributed by atoms with E-state index in [2.05, 4.69) is 16.0 Å². The van der Waals surface area contributed by atoms with Gasteiger partial charge in [-0.25, -0.2) is 8.78 Å². The lowest BCUT2D eigenvalue weighted by atomic mass is 10.2. The first-order valence-corrected chi connectivity index (χ1v) is 8.57. The van der Waals surface area contributed by atoms with Crippen LogP contribution in [0.1, 0.15) is 10.4 Å². The van der Waals surface area contributed by atoms with Crippen LogP contribution in [-0.2, 0) is 9.59 Å². The molecule has 1 aliphatic rings. The second-order valence-corrected chi connectivity index (χ2v) is 6.17. The molecule has 1 fully saturated rings. The minimum Gasteiger partial charge on any atom is -0.360 e. The van der Waals surface area contributed by atoms with Gasteiger partial charge in [-0.15, -0.1) is 0 Å². The van der Waals surface area contributed by atoms with Gasteiger partial charge >= 0.3 is 0 Å². The SMILES string of the molecule is O=C1CN(c2ccc(NC(=O)CNC(=O)c3ccc(F)cc3F)cc2)CCN1. The summed E-state index contributed by atoms with van der Waals surface area (Å²) >= 11 is 0. The number of piperazine rings is 1. The van der Waals surface area contributed by atoms with Crippen molar-refractivity contribution < 1.29 is 23.2 Å². The van der Waals surface area contributed by atoms with Gasteiger partial charge in [0.15, 0.2) is 0 Å². The van der Waals surface area contributed by atoms with E-state index in [0.29, 0.717) is 24.8 Å².